The zero-order valence-electron chi connectivity index (χ0n) is 16.3. The Labute approximate surface area is 160 Å². The summed E-state index contributed by atoms with van der Waals surface area (Å²) in [6.07, 6.45) is 0. The van der Waals surface area contributed by atoms with E-state index in [4.69, 9.17) is 4.74 Å². The average Bonchev–Trinajstić information content (AvgIpc) is 2.59. The van der Waals surface area contributed by atoms with Gasteiger partial charge in [-0.3, -0.25) is 15.0 Å². The van der Waals surface area contributed by atoms with Crippen molar-refractivity contribution in [2.45, 2.75) is 27.3 Å². The van der Waals surface area contributed by atoms with Crippen LogP contribution in [0.25, 0.3) is 0 Å². The number of imide groups is 1. The van der Waals surface area contributed by atoms with Gasteiger partial charge in [-0.05, 0) is 68.8 Å². The molecule has 3 amide bonds. The first kappa shape index (κ1) is 20.5. The van der Waals surface area contributed by atoms with Gasteiger partial charge in [-0.2, -0.15) is 0 Å². The molecular weight excluding hydrogens is 342 g/mol. The fourth-order valence-electron chi connectivity index (χ4n) is 2.62. The van der Waals surface area contributed by atoms with Crippen LogP contribution >= 0.6 is 0 Å². The first-order valence-electron chi connectivity index (χ1n) is 8.95. The van der Waals surface area contributed by atoms with Crippen molar-refractivity contribution < 1.29 is 14.3 Å². The predicted octanol–water partition coefficient (Wildman–Crippen LogP) is 3.48. The van der Waals surface area contributed by atoms with Gasteiger partial charge < -0.3 is 10.1 Å². The third-order valence-electron chi connectivity index (χ3n) is 4.12. The van der Waals surface area contributed by atoms with Gasteiger partial charge in [0.15, 0.2) is 0 Å². The van der Waals surface area contributed by atoms with Gasteiger partial charge in [-0.25, -0.2) is 4.79 Å². The van der Waals surface area contributed by atoms with Crippen molar-refractivity contribution in [3.63, 3.8) is 0 Å². The maximum atomic E-state index is 12.1. The van der Waals surface area contributed by atoms with Gasteiger partial charge in [-0.15, -0.1) is 0 Å². The number of urea groups is 1. The average molecular weight is 369 g/mol. The van der Waals surface area contributed by atoms with Crippen LogP contribution in [0.4, 0.5) is 10.5 Å². The fourth-order valence-corrected chi connectivity index (χ4v) is 2.62. The van der Waals surface area contributed by atoms with Crippen molar-refractivity contribution in [1.29, 1.82) is 0 Å². The first-order valence-corrected chi connectivity index (χ1v) is 8.95. The molecule has 144 valence electrons. The Hall–Kier alpha value is -2.86. The largest absolute Gasteiger partial charge is 0.494 e. The van der Waals surface area contributed by atoms with Crippen LogP contribution < -0.4 is 15.4 Å². The highest BCUT2D eigenvalue weighted by molar-refractivity contribution is 6.01. The number of hydrogen-bond donors (Lipinski definition) is 2. The number of rotatable bonds is 7. The maximum Gasteiger partial charge on any atom is 0.325 e. The molecular formula is C21H27N3O3. The highest BCUT2D eigenvalue weighted by atomic mass is 16.5. The van der Waals surface area contributed by atoms with E-state index >= 15 is 0 Å². The number of nitrogens with zero attached hydrogens (tertiary/aromatic N) is 1. The number of carbonyl (C=O) groups is 2. The Morgan fingerprint density at radius 3 is 2.37 bits per heavy atom. The molecule has 27 heavy (non-hydrogen) atoms. The number of ether oxygens (including phenoxy) is 1. The summed E-state index contributed by atoms with van der Waals surface area (Å²) in [7, 11) is 1.83. The molecule has 0 radical (unpaired) electrons. The van der Waals surface area contributed by atoms with E-state index in [1.807, 2.05) is 75.2 Å². The molecule has 0 heterocycles. The predicted molar refractivity (Wildman–Crippen MR) is 107 cm³/mol. The molecule has 2 aromatic carbocycles. The van der Waals surface area contributed by atoms with Crippen molar-refractivity contribution in [2.75, 3.05) is 25.5 Å². The lowest BCUT2D eigenvalue weighted by molar-refractivity contribution is -0.120. The van der Waals surface area contributed by atoms with E-state index < -0.39 is 6.03 Å². The van der Waals surface area contributed by atoms with E-state index in [9.17, 15) is 9.59 Å². The van der Waals surface area contributed by atoms with Crippen LogP contribution in [0.2, 0.25) is 0 Å². The smallest absolute Gasteiger partial charge is 0.325 e. The summed E-state index contributed by atoms with van der Waals surface area (Å²) in [5.41, 5.74) is 3.95. The molecule has 2 N–H and O–H groups in total. The summed E-state index contributed by atoms with van der Waals surface area (Å²) >= 11 is 0. The zero-order valence-corrected chi connectivity index (χ0v) is 16.3. The van der Waals surface area contributed by atoms with Crippen molar-refractivity contribution >= 4 is 17.6 Å². The van der Waals surface area contributed by atoms with Gasteiger partial charge in [0, 0.05) is 12.2 Å². The Balaban J connectivity index is 1.79. The molecule has 0 unspecified atom stereocenters. The Kier molecular flexibility index (Phi) is 7.37. The van der Waals surface area contributed by atoms with Gasteiger partial charge in [0.25, 0.3) is 0 Å². The van der Waals surface area contributed by atoms with Crippen LogP contribution in [0, 0.1) is 13.8 Å². The van der Waals surface area contributed by atoms with Crippen LogP contribution in [-0.4, -0.2) is 37.0 Å². The number of amides is 3. The first-order chi connectivity index (χ1) is 12.9. The van der Waals surface area contributed by atoms with Crippen molar-refractivity contribution in [3.8, 4) is 5.75 Å². The third kappa shape index (κ3) is 6.75. The lowest BCUT2D eigenvalue weighted by atomic mass is 10.1. The lowest BCUT2D eigenvalue weighted by Crippen LogP contribution is -2.40. The maximum absolute atomic E-state index is 12.1. The second-order valence-electron chi connectivity index (χ2n) is 6.55. The number of carbonyl (C=O) groups excluding carboxylic acids is 2. The van der Waals surface area contributed by atoms with Crippen molar-refractivity contribution in [3.05, 3.63) is 59.2 Å². The Bertz CT molecular complexity index is 788. The molecule has 6 heteroatoms. The zero-order chi connectivity index (χ0) is 19.8. The van der Waals surface area contributed by atoms with Gasteiger partial charge in [-0.1, -0.05) is 18.2 Å². The van der Waals surface area contributed by atoms with Crippen LogP contribution in [0.3, 0.4) is 0 Å². The molecule has 0 saturated carbocycles. The molecule has 0 aliphatic rings. The second-order valence-corrected chi connectivity index (χ2v) is 6.55. The SMILES string of the molecule is CCOc1ccc(CN(C)CC(=O)NC(=O)Nc2ccc(C)c(C)c2)cc1. The van der Waals surface area contributed by atoms with Crippen LogP contribution in [0.15, 0.2) is 42.5 Å². The molecule has 0 aliphatic heterocycles. The number of benzene rings is 2. The van der Waals surface area contributed by atoms with Gasteiger partial charge in [0.1, 0.15) is 5.75 Å². The minimum absolute atomic E-state index is 0.119. The topological polar surface area (TPSA) is 70.7 Å². The molecule has 0 saturated heterocycles. The van der Waals surface area contributed by atoms with E-state index in [0.717, 1.165) is 22.4 Å². The lowest BCUT2D eigenvalue weighted by Gasteiger charge is -2.16. The molecule has 0 spiro atoms. The van der Waals surface area contributed by atoms with E-state index in [1.165, 1.54) is 0 Å². The number of likely N-dealkylation sites (N-methyl/N-ethyl adjacent to an activating group) is 1. The van der Waals surface area contributed by atoms with Crippen molar-refractivity contribution in [1.82, 2.24) is 10.2 Å². The monoisotopic (exact) mass is 369 g/mol. The molecule has 2 aromatic rings. The molecule has 0 aliphatic carbocycles. The number of anilines is 1. The van der Waals surface area contributed by atoms with E-state index in [0.29, 0.717) is 18.8 Å². The molecule has 6 nitrogen and oxygen atoms in total. The Morgan fingerprint density at radius 1 is 1.04 bits per heavy atom. The van der Waals surface area contributed by atoms with Gasteiger partial charge in [0.05, 0.1) is 13.2 Å². The summed E-state index contributed by atoms with van der Waals surface area (Å²) in [4.78, 5) is 25.9. The molecule has 0 bridgehead atoms. The Morgan fingerprint density at radius 2 is 1.74 bits per heavy atom. The van der Waals surface area contributed by atoms with E-state index in [-0.39, 0.29) is 12.5 Å². The minimum atomic E-state index is -0.530. The summed E-state index contributed by atoms with van der Waals surface area (Å²) < 4.78 is 5.41. The molecule has 0 aromatic heterocycles. The summed E-state index contributed by atoms with van der Waals surface area (Å²) in [5, 5.41) is 5.03. The number of hydrogen-bond acceptors (Lipinski definition) is 4. The summed E-state index contributed by atoms with van der Waals surface area (Å²) in [6.45, 7) is 7.26. The van der Waals surface area contributed by atoms with Gasteiger partial charge in [0.2, 0.25) is 5.91 Å². The summed E-state index contributed by atoms with van der Waals surface area (Å²) in [6, 6.07) is 12.8. The molecule has 0 fully saturated rings. The van der Waals surface area contributed by atoms with Crippen LogP contribution in [0.1, 0.15) is 23.6 Å². The quantitative estimate of drug-likeness (QED) is 0.784. The normalized spacial score (nSPS) is 10.6. The summed E-state index contributed by atoms with van der Waals surface area (Å²) in [5.74, 6) is 0.467. The third-order valence-corrected chi connectivity index (χ3v) is 4.12. The fraction of sp³-hybridized carbons (Fsp3) is 0.333. The standard InChI is InChI=1S/C21H27N3O3/c1-5-27-19-10-7-17(8-11-19)13-24(4)14-20(25)23-21(26)22-18-9-6-15(2)16(3)12-18/h6-12H,5,13-14H2,1-4H3,(H2,22,23,25,26). The number of nitrogens with one attached hydrogen (secondary N) is 2. The minimum Gasteiger partial charge on any atom is -0.494 e. The van der Waals surface area contributed by atoms with E-state index in [1.54, 1.807) is 0 Å². The molecule has 0 atom stereocenters. The highest BCUT2D eigenvalue weighted by Crippen LogP contribution is 2.14. The second kappa shape index (κ2) is 9.73. The number of aryl methyl sites for hydroxylation is 2. The van der Waals surface area contributed by atoms with Gasteiger partial charge >= 0.3 is 6.03 Å². The van der Waals surface area contributed by atoms with Crippen molar-refractivity contribution in [2.24, 2.45) is 0 Å². The molecule has 2 rings (SSSR count). The van der Waals surface area contributed by atoms with E-state index in [2.05, 4.69) is 10.6 Å². The van der Waals surface area contributed by atoms with Crippen LogP contribution in [-0.2, 0) is 11.3 Å². The highest BCUT2D eigenvalue weighted by Gasteiger charge is 2.11. The van der Waals surface area contributed by atoms with Crippen LogP contribution in [0.5, 0.6) is 5.75 Å².